The van der Waals surface area contributed by atoms with E-state index in [4.69, 9.17) is 9.72 Å². The summed E-state index contributed by atoms with van der Waals surface area (Å²) < 4.78 is 8.68. The molecule has 1 fully saturated rings. The second kappa shape index (κ2) is 12.0. The van der Waals surface area contributed by atoms with Gasteiger partial charge in [-0.25, -0.2) is 19.2 Å². The smallest absolute Gasteiger partial charge is 0.258 e. The second-order valence-corrected chi connectivity index (χ2v) is 10.5. The molecule has 224 valence electrons. The number of nitrogens with one attached hydrogen (secondary N) is 2. The molecular formula is C33H29N9O3. The van der Waals surface area contributed by atoms with Gasteiger partial charge in [-0.1, -0.05) is 30.3 Å². The number of benzene rings is 3. The van der Waals surface area contributed by atoms with Gasteiger partial charge in [-0.15, -0.1) is 5.10 Å². The van der Waals surface area contributed by atoms with Crippen LogP contribution in [0, 0.1) is 6.92 Å². The molecule has 0 radical (unpaired) electrons. The number of anilines is 3. The van der Waals surface area contributed by atoms with Gasteiger partial charge < -0.3 is 20.3 Å². The molecule has 1 aliphatic heterocycles. The number of ether oxygens (including phenoxy) is 1. The Morgan fingerprint density at radius 3 is 2.51 bits per heavy atom. The minimum atomic E-state index is -0.277. The van der Waals surface area contributed by atoms with Crippen molar-refractivity contribution in [2.24, 2.45) is 0 Å². The van der Waals surface area contributed by atoms with Gasteiger partial charge in [0, 0.05) is 54.2 Å². The Kier molecular flexibility index (Phi) is 7.46. The summed E-state index contributed by atoms with van der Waals surface area (Å²) in [6, 6.07) is 22.5. The third-order valence-corrected chi connectivity index (χ3v) is 7.63. The SMILES string of the molecule is Cc1c(NC(=O)c2cnn(-c3ccccc3)c2)cccc1-c1nc(Nc2ccc(C(=O)N3CCOCC3)cc2)c2nccn2n1. The molecule has 4 heterocycles. The molecule has 0 spiro atoms. The molecule has 1 aliphatic rings. The highest BCUT2D eigenvalue weighted by Crippen LogP contribution is 2.29. The molecule has 3 aromatic heterocycles. The van der Waals surface area contributed by atoms with Gasteiger partial charge in [0.2, 0.25) is 0 Å². The van der Waals surface area contributed by atoms with Crippen molar-refractivity contribution in [1.82, 2.24) is 34.3 Å². The van der Waals surface area contributed by atoms with Gasteiger partial charge in [-0.2, -0.15) is 5.10 Å². The molecule has 12 nitrogen and oxygen atoms in total. The number of hydrogen-bond donors (Lipinski definition) is 2. The van der Waals surface area contributed by atoms with Gasteiger partial charge in [-0.3, -0.25) is 9.59 Å². The average molecular weight is 600 g/mol. The number of morpholine rings is 1. The predicted octanol–water partition coefficient (Wildman–Crippen LogP) is 4.75. The fourth-order valence-electron chi connectivity index (χ4n) is 5.18. The molecular weight excluding hydrogens is 570 g/mol. The molecule has 45 heavy (non-hydrogen) atoms. The number of rotatable bonds is 7. The minimum Gasteiger partial charge on any atom is -0.378 e. The van der Waals surface area contributed by atoms with E-state index in [1.807, 2.05) is 67.6 Å². The largest absolute Gasteiger partial charge is 0.378 e. The molecule has 0 atom stereocenters. The molecule has 0 aliphatic carbocycles. The van der Waals surface area contributed by atoms with E-state index in [1.165, 1.54) is 0 Å². The summed E-state index contributed by atoms with van der Waals surface area (Å²) in [4.78, 5) is 37.1. The zero-order valence-corrected chi connectivity index (χ0v) is 24.4. The lowest BCUT2D eigenvalue weighted by atomic mass is 10.1. The zero-order chi connectivity index (χ0) is 30.8. The molecule has 6 aromatic rings. The van der Waals surface area contributed by atoms with E-state index < -0.39 is 0 Å². The van der Waals surface area contributed by atoms with Crippen LogP contribution in [0.5, 0.6) is 0 Å². The van der Waals surface area contributed by atoms with Crippen LogP contribution in [0.4, 0.5) is 17.2 Å². The molecule has 2 N–H and O–H groups in total. The van der Waals surface area contributed by atoms with Crippen molar-refractivity contribution < 1.29 is 14.3 Å². The zero-order valence-electron chi connectivity index (χ0n) is 24.4. The molecule has 2 amide bonds. The Morgan fingerprint density at radius 1 is 0.911 bits per heavy atom. The summed E-state index contributed by atoms with van der Waals surface area (Å²) in [7, 11) is 0. The number of para-hydroxylation sites is 1. The quantitative estimate of drug-likeness (QED) is 0.269. The first kappa shape index (κ1) is 27.9. The Labute approximate surface area is 258 Å². The van der Waals surface area contributed by atoms with Crippen molar-refractivity contribution >= 4 is 34.7 Å². The van der Waals surface area contributed by atoms with E-state index in [0.717, 1.165) is 22.5 Å². The minimum absolute atomic E-state index is 0.0164. The molecule has 12 heteroatoms. The summed E-state index contributed by atoms with van der Waals surface area (Å²) in [6.07, 6.45) is 6.65. The van der Waals surface area contributed by atoms with Crippen LogP contribution in [0.3, 0.4) is 0 Å². The molecule has 3 aromatic carbocycles. The van der Waals surface area contributed by atoms with E-state index in [9.17, 15) is 9.59 Å². The van der Waals surface area contributed by atoms with Crippen molar-refractivity contribution in [1.29, 1.82) is 0 Å². The molecule has 1 saturated heterocycles. The van der Waals surface area contributed by atoms with Crippen LogP contribution in [0.15, 0.2) is 97.6 Å². The highest BCUT2D eigenvalue weighted by molar-refractivity contribution is 6.04. The number of aromatic nitrogens is 6. The van der Waals surface area contributed by atoms with Crippen LogP contribution >= 0.6 is 0 Å². The molecule has 0 bridgehead atoms. The van der Waals surface area contributed by atoms with E-state index in [1.54, 1.807) is 51.0 Å². The average Bonchev–Trinajstić information content (AvgIpc) is 3.78. The number of amides is 2. The number of nitrogens with zero attached hydrogens (tertiary/aromatic N) is 7. The lowest BCUT2D eigenvalue weighted by Gasteiger charge is -2.26. The fourth-order valence-corrected chi connectivity index (χ4v) is 5.18. The monoisotopic (exact) mass is 599 g/mol. The van der Waals surface area contributed by atoms with Gasteiger partial charge in [0.05, 0.1) is 30.7 Å². The van der Waals surface area contributed by atoms with Crippen LogP contribution in [0.25, 0.3) is 22.7 Å². The first-order chi connectivity index (χ1) is 22.0. The van der Waals surface area contributed by atoms with Crippen LogP contribution in [-0.2, 0) is 4.74 Å². The topological polar surface area (TPSA) is 132 Å². The lowest BCUT2D eigenvalue weighted by Crippen LogP contribution is -2.40. The van der Waals surface area contributed by atoms with Crippen LogP contribution < -0.4 is 10.6 Å². The first-order valence-electron chi connectivity index (χ1n) is 14.5. The number of hydrogen-bond acceptors (Lipinski definition) is 8. The van der Waals surface area contributed by atoms with E-state index in [2.05, 4.69) is 25.8 Å². The van der Waals surface area contributed by atoms with Crippen LogP contribution in [0.1, 0.15) is 26.3 Å². The summed E-state index contributed by atoms with van der Waals surface area (Å²) in [5.74, 6) is 0.658. The van der Waals surface area contributed by atoms with Gasteiger partial charge >= 0.3 is 0 Å². The van der Waals surface area contributed by atoms with Crippen molar-refractivity contribution in [3.05, 3.63) is 114 Å². The Balaban J connectivity index is 1.13. The standard InChI is InChI=1S/C33H29N9O3/c1-22-27(8-5-9-28(22)37-32(43)24-20-35-42(21-24)26-6-3-2-4-7-26)29-38-30(31-34-14-15-41(31)39-29)36-25-12-10-23(11-13-25)33(44)40-16-18-45-19-17-40/h2-15,20-21H,16-19H2,1H3,(H,37,43)(H,36,38,39). The van der Waals surface area contributed by atoms with Crippen LogP contribution in [0.2, 0.25) is 0 Å². The summed E-state index contributed by atoms with van der Waals surface area (Å²) >= 11 is 0. The molecule has 0 unspecified atom stereocenters. The maximum absolute atomic E-state index is 13.2. The number of carbonyl (C=O) groups is 2. The normalized spacial score (nSPS) is 13.1. The summed E-state index contributed by atoms with van der Waals surface area (Å²) in [6.45, 7) is 4.19. The van der Waals surface area contributed by atoms with Crippen molar-refractivity contribution in [3.63, 3.8) is 0 Å². The van der Waals surface area contributed by atoms with Crippen LogP contribution in [-0.4, -0.2) is 72.4 Å². The Bertz CT molecular complexity index is 2000. The Morgan fingerprint density at radius 2 is 1.71 bits per heavy atom. The number of carbonyl (C=O) groups excluding carboxylic acids is 2. The van der Waals surface area contributed by atoms with Gasteiger partial charge in [0.25, 0.3) is 11.8 Å². The maximum Gasteiger partial charge on any atom is 0.258 e. The summed E-state index contributed by atoms with van der Waals surface area (Å²) in [5, 5.41) is 15.4. The highest BCUT2D eigenvalue weighted by atomic mass is 16.5. The lowest BCUT2D eigenvalue weighted by molar-refractivity contribution is 0.0303. The van der Waals surface area contributed by atoms with Gasteiger partial charge in [0.15, 0.2) is 17.3 Å². The third-order valence-electron chi connectivity index (χ3n) is 7.63. The molecule has 7 rings (SSSR count). The van der Waals surface area contributed by atoms with Crippen molar-refractivity contribution in [3.8, 4) is 17.1 Å². The first-order valence-corrected chi connectivity index (χ1v) is 14.5. The Hall–Kier alpha value is -5.88. The van der Waals surface area contributed by atoms with E-state index in [-0.39, 0.29) is 11.8 Å². The number of fused-ring (bicyclic) bond motifs is 1. The van der Waals surface area contributed by atoms with Crippen molar-refractivity contribution in [2.75, 3.05) is 36.9 Å². The number of imidazole rings is 1. The maximum atomic E-state index is 13.2. The molecule has 0 saturated carbocycles. The predicted molar refractivity (Wildman–Crippen MR) is 169 cm³/mol. The van der Waals surface area contributed by atoms with Gasteiger partial charge in [-0.05, 0) is 55.0 Å². The van der Waals surface area contributed by atoms with Crippen molar-refractivity contribution in [2.45, 2.75) is 6.92 Å². The van der Waals surface area contributed by atoms with E-state index >= 15 is 0 Å². The fraction of sp³-hybridized carbons (Fsp3) is 0.152. The second-order valence-electron chi connectivity index (χ2n) is 10.5. The van der Waals surface area contributed by atoms with E-state index in [0.29, 0.717) is 60.4 Å². The highest BCUT2D eigenvalue weighted by Gasteiger charge is 2.19. The summed E-state index contributed by atoms with van der Waals surface area (Å²) in [5.41, 5.74) is 5.39. The third kappa shape index (κ3) is 5.74. The van der Waals surface area contributed by atoms with Gasteiger partial charge in [0.1, 0.15) is 0 Å².